The molecule has 0 spiro atoms. The molecule has 21 heavy (non-hydrogen) atoms. The van der Waals surface area contributed by atoms with E-state index in [9.17, 15) is 4.79 Å². The minimum atomic E-state index is -0.00729. The fourth-order valence-corrected chi connectivity index (χ4v) is 2.47. The second-order valence-corrected chi connectivity index (χ2v) is 6.42. The minimum Gasteiger partial charge on any atom is -0.389 e. The van der Waals surface area contributed by atoms with Crippen molar-refractivity contribution in [3.8, 4) is 0 Å². The normalized spacial score (nSPS) is 10.2. The van der Waals surface area contributed by atoms with Crippen LogP contribution in [0.5, 0.6) is 0 Å². The first-order valence-electron chi connectivity index (χ1n) is 6.37. The first-order valence-corrected chi connectivity index (χ1v) is 7.86. The van der Waals surface area contributed by atoms with E-state index < -0.39 is 0 Å². The summed E-state index contributed by atoms with van der Waals surface area (Å²) >= 11 is 7.19. The van der Waals surface area contributed by atoms with Gasteiger partial charge in [-0.15, -0.1) is 0 Å². The van der Waals surface area contributed by atoms with E-state index in [4.69, 9.17) is 18.0 Å². The summed E-state index contributed by atoms with van der Waals surface area (Å²) in [4.78, 5) is 14.4. The zero-order chi connectivity index (χ0) is 15.4. The molecule has 2 aromatic rings. The van der Waals surface area contributed by atoms with Gasteiger partial charge < -0.3 is 10.6 Å². The maximum atomic E-state index is 12.4. The second kappa shape index (κ2) is 7.00. The number of carbonyl (C=O) groups is 1. The van der Waals surface area contributed by atoms with Gasteiger partial charge in [0.15, 0.2) is 0 Å². The number of nitrogens with zero attached hydrogens (tertiary/aromatic N) is 1. The minimum absolute atomic E-state index is 0.00729. The van der Waals surface area contributed by atoms with Gasteiger partial charge in [-0.2, -0.15) is 0 Å². The van der Waals surface area contributed by atoms with Crippen LogP contribution in [0.2, 0.25) is 0 Å². The molecule has 0 fully saturated rings. The van der Waals surface area contributed by atoms with Crippen LogP contribution in [0.25, 0.3) is 0 Å². The third-order valence-corrected chi connectivity index (χ3v) is 4.02. The predicted molar refractivity (Wildman–Crippen MR) is 97.3 cm³/mol. The standard InChI is InChI=1S/C16H15IN2OS/c1-19(16(20)12-5-7-14(17)8-6-12)10-11-3-2-4-13(9-11)15(18)21/h2-9H,10H2,1H3,(H2,18,21). The molecule has 0 saturated heterocycles. The van der Waals surface area contributed by atoms with Crippen LogP contribution in [0.4, 0.5) is 0 Å². The monoisotopic (exact) mass is 410 g/mol. The Bertz CT molecular complexity index is 670. The Kier molecular flexibility index (Phi) is 5.30. The van der Waals surface area contributed by atoms with Crippen molar-refractivity contribution in [2.24, 2.45) is 5.73 Å². The largest absolute Gasteiger partial charge is 0.389 e. The highest BCUT2D eigenvalue weighted by atomic mass is 127. The van der Waals surface area contributed by atoms with Gasteiger partial charge in [-0.3, -0.25) is 4.79 Å². The molecule has 5 heteroatoms. The summed E-state index contributed by atoms with van der Waals surface area (Å²) in [7, 11) is 1.79. The van der Waals surface area contributed by atoms with Gasteiger partial charge in [0.2, 0.25) is 0 Å². The van der Waals surface area contributed by atoms with E-state index in [1.165, 1.54) is 0 Å². The topological polar surface area (TPSA) is 46.3 Å². The third kappa shape index (κ3) is 4.25. The lowest BCUT2D eigenvalue weighted by molar-refractivity contribution is 0.0785. The van der Waals surface area contributed by atoms with E-state index in [0.29, 0.717) is 17.1 Å². The van der Waals surface area contributed by atoms with Gasteiger partial charge in [0, 0.05) is 28.3 Å². The lowest BCUT2D eigenvalue weighted by Crippen LogP contribution is -2.26. The van der Waals surface area contributed by atoms with Crippen molar-refractivity contribution in [1.29, 1.82) is 0 Å². The van der Waals surface area contributed by atoms with Gasteiger partial charge in [0.1, 0.15) is 4.99 Å². The van der Waals surface area contributed by atoms with Crippen molar-refractivity contribution in [3.05, 3.63) is 68.8 Å². The summed E-state index contributed by atoms with van der Waals surface area (Å²) in [6.45, 7) is 0.515. The first-order chi connectivity index (χ1) is 9.97. The fourth-order valence-electron chi connectivity index (χ4n) is 1.98. The number of nitrogens with two attached hydrogens (primary N) is 1. The van der Waals surface area contributed by atoms with Crippen molar-refractivity contribution < 1.29 is 4.79 Å². The van der Waals surface area contributed by atoms with Crippen molar-refractivity contribution >= 4 is 45.7 Å². The summed E-state index contributed by atoms with van der Waals surface area (Å²) in [5.41, 5.74) is 8.13. The molecule has 3 nitrogen and oxygen atoms in total. The highest BCUT2D eigenvalue weighted by molar-refractivity contribution is 14.1. The lowest BCUT2D eigenvalue weighted by Gasteiger charge is -2.18. The van der Waals surface area contributed by atoms with E-state index in [0.717, 1.165) is 14.7 Å². The van der Waals surface area contributed by atoms with Crippen LogP contribution in [0, 0.1) is 3.57 Å². The van der Waals surface area contributed by atoms with Gasteiger partial charge in [0.25, 0.3) is 5.91 Å². The lowest BCUT2D eigenvalue weighted by atomic mass is 10.1. The van der Waals surface area contributed by atoms with Crippen molar-refractivity contribution in [2.45, 2.75) is 6.54 Å². The maximum Gasteiger partial charge on any atom is 0.253 e. The van der Waals surface area contributed by atoms with Gasteiger partial charge in [0.05, 0.1) is 0 Å². The van der Waals surface area contributed by atoms with Crippen LogP contribution >= 0.6 is 34.8 Å². The van der Waals surface area contributed by atoms with Gasteiger partial charge in [-0.1, -0.05) is 30.4 Å². The maximum absolute atomic E-state index is 12.4. The highest BCUT2D eigenvalue weighted by Crippen LogP contribution is 2.12. The zero-order valence-corrected chi connectivity index (χ0v) is 14.5. The Hall–Kier alpha value is -1.47. The molecule has 108 valence electrons. The van der Waals surface area contributed by atoms with Crippen LogP contribution in [0.1, 0.15) is 21.5 Å². The van der Waals surface area contributed by atoms with E-state index in [1.54, 1.807) is 11.9 Å². The molecule has 1 amide bonds. The molecule has 2 aromatic carbocycles. The smallest absolute Gasteiger partial charge is 0.253 e. The molecule has 0 aromatic heterocycles. The van der Waals surface area contributed by atoms with Crippen LogP contribution in [-0.4, -0.2) is 22.8 Å². The Balaban J connectivity index is 2.12. The van der Waals surface area contributed by atoms with Crippen LogP contribution in [0.3, 0.4) is 0 Å². The van der Waals surface area contributed by atoms with E-state index in [1.807, 2.05) is 48.5 Å². The molecule has 0 saturated carbocycles. The summed E-state index contributed by atoms with van der Waals surface area (Å²) in [6, 6.07) is 15.2. The zero-order valence-electron chi connectivity index (χ0n) is 11.5. The number of rotatable bonds is 4. The molecule has 0 atom stereocenters. The molecular formula is C16H15IN2OS. The molecule has 0 bridgehead atoms. The molecule has 2 rings (SSSR count). The Morgan fingerprint density at radius 3 is 2.48 bits per heavy atom. The molecular weight excluding hydrogens is 395 g/mol. The predicted octanol–water partition coefficient (Wildman–Crippen LogP) is 3.20. The molecule has 0 aliphatic rings. The van der Waals surface area contributed by atoms with Crippen molar-refractivity contribution in [2.75, 3.05) is 7.05 Å². The number of halogens is 1. The third-order valence-electron chi connectivity index (χ3n) is 3.07. The summed E-state index contributed by atoms with van der Waals surface area (Å²) in [5.74, 6) is -0.00729. The Morgan fingerprint density at radius 2 is 1.86 bits per heavy atom. The van der Waals surface area contributed by atoms with Crippen molar-refractivity contribution in [3.63, 3.8) is 0 Å². The number of hydrogen-bond donors (Lipinski definition) is 1. The summed E-state index contributed by atoms with van der Waals surface area (Å²) in [5, 5.41) is 0. The Morgan fingerprint density at radius 1 is 1.19 bits per heavy atom. The van der Waals surface area contributed by atoms with Gasteiger partial charge >= 0.3 is 0 Å². The molecule has 0 aliphatic heterocycles. The van der Waals surface area contributed by atoms with Crippen LogP contribution in [0.15, 0.2) is 48.5 Å². The van der Waals surface area contributed by atoms with Crippen LogP contribution in [-0.2, 0) is 6.54 Å². The molecule has 0 unspecified atom stereocenters. The average molecular weight is 410 g/mol. The number of amides is 1. The highest BCUT2D eigenvalue weighted by Gasteiger charge is 2.12. The molecule has 0 aliphatic carbocycles. The Labute approximate surface area is 143 Å². The quantitative estimate of drug-likeness (QED) is 0.622. The summed E-state index contributed by atoms with van der Waals surface area (Å²) in [6.07, 6.45) is 0. The fraction of sp³-hybridized carbons (Fsp3) is 0.125. The van der Waals surface area contributed by atoms with Crippen molar-refractivity contribution in [1.82, 2.24) is 4.90 Å². The number of benzene rings is 2. The average Bonchev–Trinajstić information content (AvgIpc) is 2.47. The molecule has 0 heterocycles. The number of hydrogen-bond acceptors (Lipinski definition) is 2. The second-order valence-electron chi connectivity index (χ2n) is 4.73. The summed E-state index contributed by atoms with van der Waals surface area (Å²) < 4.78 is 1.11. The van der Waals surface area contributed by atoms with E-state index >= 15 is 0 Å². The molecule has 0 radical (unpaired) electrons. The van der Waals surface area contributed by atoms with E-state index in [-0.39, 0.29) is 5.91 Å². The SMILES string of the molecule is CN(Cc1cccc(C(N)=S)c1)C(=O)c1ccc(I)cc1. The number of carbonyl (C=O) groups excluding carboxylic acids is 1. The van der Waals surface area contributed by atoms with Gasteiger partial charge in [-0.25, -0.2) is 0 Å². The first kappa shape index (κ1) is 15.9. The van der Waals surface area contributed by atoms with Crippen LogP contribution < -0.4 is 5.73 Å². The number of thiocarbonyl (C=S) groups is 1. The molecule has 2 N–H and O–H groups in total. The van der Waals surface area contributed by atoms with Gasteiger partial charge in [-0.05, 0) is 58.5 Å². The van der Waals surface area contributed by atoms with E-state index in [2.05, 4.69) is 22.6 Å².